The van der Waals surface area contributed by atoms with Gasteiger partial charge < -0.3 is 10.1 Å². The Morgan fingerprint density at radius 1 is 1.25 bits per heavy atom. The normalized spacial score (nSPS) is 17.6. The summed E-state index contributed by atoms with van der Waals surface area (Å²) in [6, 6.07) is 12.7. The highest BCUT2D eigenvalue weighted by molar-refractivity contribution is 5.34. The number of ether oxygens (including phenoxy) is 1. The van der Waals surface area contributed by atoms with Gasteiger partial charge in [0.15, 0.2) is 0 Å². The lowest BCUT2D eigenvalue weighted by atomic mass is 9.89. The monoisotopic (exact) mass is 268 g/mol. The van der Waals surface area contributed by atoms with Gasteiger partial charge in [0.2, 0.25) is 0 Å². The van der Waals surface area contributed by atoms with Crippen molar-refractivity contribution in [2.45, 2.75) is 32.0 Å². The van der Waals surface area contributed by atoms with Crippen molar-refractivity contribution in [3.63, 3.8) is 0 Å². The fourth-order valence-corrected chi connectivity index (χ4v) is 2.74. The third-order valence-corrected chi connectivity index (χ3v) is 3.85. The molecule has 104 valence electrons. The van der Waals surface area contributed by atoms with Crippen molar-refractivity contribution in [2.75, 3.05) is 12.4 Å². The minimum Gasteiger partial charge on any atom is -0.373 e. The second kappa shape index (κ2) is 6.06. The van der Waals surface area contributed by atoms with E-state index in [0.717, 1.165) is 17.8 Å². The molecule has 3 heteroatoms. The molecule has 1 unspecified atom stereocenters. The van der Waals surface area contributed by atoms with Crippen molar-refractivity contribution in [1.82, 2.24) is 4.98 Å². The Kier molecular flexibility index (Phi) is 3.97. The fraction of sp³-hybridized carbons (Fsp3) is 0.353. The molecular formula is C17H20N2O. The lowest BCUT2D eigenvalue weighted by Gasteiger charge is -2.25. The Bertz CT molecular complexity index is 565. The predicted molar refractivity (Wildman–Crippen MR) is 80.7 cm³/mol. The molecule has 0 radical (unpaired) electrons. The highest BCUT2D eigenvalue weighted by Gasteiger charge is 2.20. The van der Waals surface area contributed by atoms with Gasteiger partial charge >= 0.3 is 0 Å². The molecule has 1 aliphatic carbocycles. The topological polar surface area (TPSA) is 34.1 Å². The molecule has 0 amide bonds. The van der Waals surface area contributed by atoms with Gasteiger partial charge in [-0.1, -0.05) is 30.3 Å². The van der Waals surface area contributed by atoms with Crippen LogP contribution in [0.25, 0.3) is 0 Å². The molecule has 2 aromatic rings. The van der Waals surface area contributed by atoms with Crippen LogP contribution in [-0.2, 0) is 17.8 Å². The molecule has 1 aromatic heterocycles. The van der Waals surface area contributed by atoms with Gasteiger partial charge in [-0.25, -0.2) is 4.98 Å². The molecule has 3 nitrogen and oxygen atoms in total. The van der Waals surface area contributed by atoms with Crippen molar-refractivity contribution in [2.24, 2.45) is 0 Å². The van der Waals surface area contributed by atoms with Crippen LogP contribution in [0.2, 0.25) is 0 Å². The van der Waals surface area contributed by atoms with E-state index >= 15 is 0 Å². The van der Waals surface area contributed by atoms with Crippen LogP contribution in [0.5, 0.6) is 0 Å². The molecule has 1 heterocycles. The van der Waals surface area contributed by atoms with E-state index in [9.17, 15) is 0 Å². The molecule has 0 spiro atoms. The molecule has 1 aliphatic rings. The molecule has 0 bridgehead atoms. The first-order valence-corrected chi connectivity index (χ1v) is 7.19. The van der Waals surface area contributed by atoms with E-state index in [1.165, 1.54) is 24.0 Å². The first-order valence-electron chi connectivity index (χ1n) is 7.19. The average molecular weight is 268 g/mol. The lowest BCUT2D eigenvalue weighted by molar-refractivity contribution is 0.0281. The summed E-state index contributed by atoms with van der Waals surface area (Å²) in [5.74, 6) is 0.886. The van der Waals surface area contributed by atoms with E-state index in [-0.39, 0.29) is 6.10 Å². The van der Waals surface area contributed by atoms with Gasteiger partial charge in [-0.15, -0.1) is 0 Å². The number of anilines is 1. The first kappa shape index (κ1) is 13.1. The average Bonchev–Trinajstić information content (AvgIpc) is 2.53. The summed E-state index contributed by atoms with van der Waals surface area (Å²) in [5, 5.41) is 3.02. The van der Waals surface area contributed by atoms with Gasteiger partial charge in [0.05, 0.1) is 12.7 Å². The Labute approximate surface area is 120 Å². The third-order valence-electron chi connectivity index (χ3n) is 3.85. The largest absolute Gasteiger partial charge is 0.373 e. The summed E-state index contributed by atoms with van der Waals surface area (Å²) in [7, 11) is 1.87. The number of rotatable bonds is 4. The number of fused-ring (bicyclic) bond motifs is 1. The Morgan fingerprint density at radius 2 is 2.15 bits per heavy atom. The zero-order valence-corrected chi connectivity index (χ0v) is 11.8. The maximum absolute atomic E-state index is 6.11. The highest BCUT2D eigenvalue weighted by atomic mass is 16.5. The van der Waals surface area contributed by atoms with Crippen LogP contribution in [0.3, 0.4) is 0 Å². The number of benzene rings is 1. The quantitative estimate of drug-likeness (QED) is 0.917. The number of nitrogens with one attached hydrogen (secondary N) is 1. The fourth-order valence-electron chi connectivity index (χ4n) is 2.74. The van der Waals surface area contributed by atoms with E-state index < -0.39 is 0 Å². The van der Waals surface area contributed by atoms with Gasteiger partial charge in [0, 0.05) is 13.2 Å². The third kappa shape index (κ3) is 2.83. The molecule has 0 saturated carbocycles. The van der Waals surface area contributed by atoms with Crippen molar-refractivity contribution in [3.8, 4) is 0 Å². The van der Waals surface area contributed by atoms with Crippen LogP contribution >= 0.6 is 0 Å². The van der Waals surface area contributed by atoms with E-state index in [1.807, 2.05) is 19.3 Å². The smallest absolute Gasteiger partial charge is 0.125 e. The van der Waals surface area contributed by atoms with Gasteiger partial charge in [-0.2, -0.15) is 0 Å². The van der Waals surface area contributed by atoms with E-state index in [0.29, 0.717) is 6.61 Å². The van der Waals surface area contributed by atoms with Crippen molar-refractivity contribution in [3.05, 3.63) is 59.3 Å². The second-order valence-electron chi connectivity index (χ2n) is 5.19. The number of pyridine rings is 1. The summed E-state index contributed by atoms with van der Waals surface area (Å²) in [4.78, 5) is 4.31. The zero-order chi connectivity index (χ0) is 13.8. The van der Waals surface area contributed by atoms with E-state index in [4.69, 9.17) is 4.74 Å². The van der Waals surface area contributed by atoms with Crippen LogP contribution < -0.4 is 5.32 Å². The van der Waals surface area contributed by atoms with Gasteiger partial charge in [-0.3, -0.25) is 0 Å². The summed E-state index contributed by atoms with van der Waals surface area (Å²) < 4.78 is 6.11. The lowest BCUT2D eigenvalue weighted by Crippen LogP contribution is -2.12. The molecule has 1 N–H and O–H groups in total. The zero-order valence-electron chi connectivity index (χ0n) is 11.8. The van der Waals surface area contributed by atoms with Crippen molar-refractivity contribution >= 4 is 5.82 Å². The number of hydrogen-bond donors (Lipinski definition) is 1. The molecule has 0 saturated heterocycles. The van der Waals surface area contributed by atoms with Crippen molar-refractivity contribution in [1.29, 1.82) is 0 Å². The standard InChI is InChI=1S/C17H20N2O/c1-18-17-10-9-13(11-19-17)12-20-16-8-4-6-14-5-2-3-7-15(14)16/h2-3,5,7,9-11,16H,4,6,8,12H2,1H3,(H,18,19). The minimum atomic E-state index is 0.226. The summed E-state index contributed by atoms with van der Waals surface area (Å²) in [6.45, 7) is 0.621. The molecular weight excluding hydrogens is 248 g/mol. The molecule has 20 heavy (non-hydrogen) atoms. The Hall–Kier alpha value is -1.87. The summed E-state index contributed by atoms with van der Waals surface area (Å²) in [5.41, 5.74) is 3.91. The van der Waals surface area contributed by atoms with Crippen molar-refractivity contribution < 1.29 is 4.74 Å². The summed E-state index contributed by atoms with van der Waals surface area (Å²) >= 11 is 0. The minimum absolute atomic E-state index is 0.226. The Balaban J connectivity index is 1.66. The predicted octanol–water partition coefficient (Wildman–Crippen LogP) is 3.72. The molecule has 1 atom stereocenters. The van der Waals surface area contributed by atoms with Gasteiger partial charge in [0.25, 0.3) is 0 Å². The number of aryl methyl sites for hydroxylation is 1. The van der Waals surface area contributed by atoms with Gasteiger partial charge in [-0.05, 0) is 42.0 Å². The maximum atomic E-state index is 6.11. The Morgan fingerprint density at radius 3 is 2.95 bits per heavy atom. The van der Waals surface area contributed by atoms with Crippen LogP contribution in [0.15, 0.2) is 42.6 Å². The highest BCUT2D eigenvalue weighted by Crippen LogP contribution is 2.32. The summed E-state index contributed by atoms with van der Waals surface area (Å²) in [6.07, 6.45) is 5.59. The van der Waals surface area contributed by atoms with Crippen LogP contribution in [0, 0.1) is 0 Å². The number of hydrogen-bond acceptors (Lipinski definition) is 3. The molecule has 3 rings (SSSR count). The van der Waals surface area contributed by atoms with Crippen LogP contribution in [0.1, 0.15) is 35.6 Å². The second-order valence-corrected chi connectivity index (χ2v) is 5.19. The first-order chi connectivity index (χ1) is 9.86. The molecule has 1 aromatic carbocycles. The van der Waals surface area contributed by atoms with Crippen LogP contribution in [0.4, 0.5) is 5.82 Å². The van der Waals surface area contributed by atoms with E-state index in [2.05, 4.69) is 40.6 Å². The molecule has 0 fully saturated rings. The maximum Gasteiger partial charge on any atom is 0.125 e. The van der Waals surface area contributed by atoms with E-state index in [1.54, 1.807) is 0 Å². The molecule has 0 aliphatic heterocycles. The SMILES string of the molecule is CNc1ccc(COC2CCCc3ccccc32)cn1. The van der Waals surface area contributed by atoms with Crippen LogP contribution in [-0.4, -0.2) is 12.0 Å². The van der Waals surface area contributed by atoms with Gasteiger partial charge in [0.1, 0.15) is 5.82 Å². The number of aromatic nitrogens is 1. The number of nitrogens with zero attached hydrogens (tertiary/aromatic N) is 1.